The Morgan fingerprint density at radius 2 is 1.70 bits per heavy atom. The van der Waals surface area contributed by atoms with Crippen LogP contribution in [0.4, 0.5) is 0 Å². The zero-order valence-electron chi connectivity index (χ0n) is 13.5. The number of hydrogen-bond acceptors (Lipinski definition) is 2. The molecule has 0 N–H and O–H groups in total. The molecule has 0 aliphatic rings. The molecule has 0 saturated carbocycles. The Kier molecular flexibility index (Phi) is 5.46. The van der Waals surface area contributed by atoms with Gasteiger partial charge in [-0.05, 0) is 28.8 Å². The van der Waals surface area contributed by atoms with Crippen LogP contribution in [0.3, 0.4) is 0 Å². The molecule has 1 radical (unpaired) electrons. The average molecular weight is 480 g/mol. The summed E-state index contributed by atoms with van der Waals surface area (Å²) in [5.74, 6) is 0. The maximum absolute atomic E-state index is 4.58. The van der Waals surface area contributed by atoms with Gasteiger partial charge in [-0.15, -0.1) is 29.8 Å². The van der Waals surface area contributed by atoms with E-state index in [1.807, 2.05) is 36.5 Å². The van der Waals surface area contributed by atoms with Crippen molar-refractivity contribution >= 4 is 0 Å². The van der Waals surface area contributed by atoms with Crippen molar-refractivity contribution < 1.29 is 20.1 Å². The molecule has 119 valence electrons. The van der Waals surface area contributed by atoms with Crippen molar-refractivity contribution in [1.29, 1.82) is 0 Å². The topological polar surface area (TPSA) is 25.8 Å². The van der Waals surface area contributed by atoms with Gasteiger partial charge in [0.1, 0.15) is 0 Å². The summed E-state index contributed by atoms with van der Waals surface area (Å²) >= 11 is 0. The van der Waals surface area contributed by atoms with Crippen molar-refractivity contribution in [1.82, 2.24) is 9.97 Å². The summed E-state index contributed by atoms with van der Waals surface area (Å²) in [6, 6.07) is 19.5. The normalized spacial score (nSPS) is 10.9. The minimum Gasteiger partial charge on any atom is -0.305 e. The van der Waals surface area contributed by atoms with Gasteiger partial charge in [-0.3, -0.25) is 4.98 Å². The number of rotatable bonds is 2. The minimum absolute atomic E-state index is 0. The molecule has 0 aliphatic carbocycles. The molecule has 3 heteroatoms. The molecule has 0 bridgehead atoms. The summed E-state index contributed by atoms with van der Waals surface area (Å²) < 4.78 is 0. The second-order valence-corrected chi connectivity index (χ2v) is 6.39. The molecule has 23 heavy (non-hydrogen) atoms. The summed E-state index contributed by atoms with van der Waals surface area (Å²) in [7, 11) is 0. The SMILES string of the molecule is CC(C)(C)c1ccc(-c2c[c-]c(-c3ccccn3)cc2)nc1.[Ir]. The first kappa shape index (κ1) is 17.5. The standard InChI is InChI=1S/C20H19N2.Ir/c1-20(2,3)17-11-12-19(22-14-17)16-9-7-15(8-10-16)18-6-4-5-13-21-18;/h4-7,9-14H,1-3H3;/q-1;. The number of aromatic nitrogens is 2. The van der Waals surface area contributed by atoms with E-state index in [0.717, 1.165) is 22.5 Å². The zero-order chi connectivity index (χ0) is 15.6. The largest absolute Gasteiger partial charge is 0.305 e. The summed E-state index contributed by atoms with van der Waals surface area (Å²) in [6.07, 6.45) is 3.76. The molecular formula is C20H19IrN2-. The van der Waals surface area contributed by atoms with Crippen LogP contribution in [0.15, 0.2) is 60.9 Å². The first-order valence-corrected chi connectivity index (χ1v) is 7.44. The first-order valence-electron chi connectivity index (χ1n) is 7.44. The van der Waals surface area contributed by atoms with E-state index in [2.05, 4.69) is 55.0 Å². The Hall–Kier alpha value is -1.83. The molecule has 0 amide bonds. The van der Waals surface area contributed by atoms with Crippen LogP contribution >= 0.6 is 0 Å². The van der Waals surface area contributed by atoms with Crippen molar-refractivity contribution in [2.75, 3.05) is 0 Å². The Balaban J connectivity index is 0.00000192. The van der Waals surface area contributed by atoms with Crippen LogP contribution in [0.2, 0.25) is 0 Å². The fourth-order valence-electron chi connectivity index (χ4n) is 2.27. The van der Waals surface area contributed by atoms with Gasteiger partial charge >= 0.3 is 0 Å². The van der Waals surface area contributed by atoms with Gasteiger partial charge in [-0.2, -0.15) is 0 Å². The Labute approximate surface area is 151 Å². The first-order chi connectivity index (χ1) is 10.5. The molecule has 2 aromatic heterocycles. The number of nitrogens with zero attached hydrogens (tertiary/aromatic N) is 2. The predicted molar refractivity (Wildman–Crippen MR) is 90.4 cm³/mol. The van der Waals surface area contributed by atoms with Gasteiger partial charge in [0.25, 0.3) is 0 Å². The van der Waals surface area contributed by atoms with Gasteiger partial charge in [0.15, 0.2) is 0 Å². The van der Waals surface area contributed by atoms with Gasteiger partial charge in [0.2, 0.25) is 0 Å². The molecule has 0 spiro atoms. The second kappa shape index (κ2) is 7.16. The number of hydrogen-bond donors (Lipinski definition) is 0. The third-order valence-electron chi connectivity index (χ3n) is 3.68. The maximum Gasteiger partial charge on any atom is 0.0302 e. The monoisotopic (exact) mass is 480 g/mol. The van der Waals surface area contributed by atoms with E-state index in [1.165, 1.54) is 5.56 Å². The predicted octanol–water partition coefficient (Wildman–Crippen LogP) is 4.91. The van der Waals surface area contributed by atoms with E-state index in [9.17, 15) is 0 Å². The van der Waals surface area contributed by atoms with E-state index in [-0.39, 0.29) is 25.5 Å². The van der Waals surface area contributed by atoms with Crippen molar-refractivity contribution in [2.24, 2.45) is 0 Å². The maximum atomic E-state index is 4.58. The van der Waals surface area contributed by atoms with Crippen LogP contribution in [-0.2, 0) is 25.5 Å². The van der Waals surface area contributed by atoms with Gasteiger partial charge in [-0.25, -0.2) is 0 Å². The average Bonchev–Trinajstić information content (AvgIpc) is 2.55. The molecule has 3 rings (SSSR count). The minimum atomic E-state index is 0. The fourth-order valence-corrected chi connectivity index (χ4v) is 2.27. The summed E-state index contributed by atoms with van der Waals surface area (Å²) in [5, 5.41) is 0. The van der Waals surface area contributed by atoms with Crippen LogP contribution in [0.1, 0.15) is 26.3 Å². The molecule has 2 nitrogen and oxygen atoms in total. The molecule has 0 atom stereocenters. The number of pyridine rings is 2. The zero-order valence-corrected chi connectivity index (χ0v) is 15.9. The molecule has 0 fully saturated rings. The van der Waals surface area contributed by atoms with Crippen LogP contribution in [0.5, 0.6) is 0 Å². The van der Waals surface area contributed by atoms with E-state index >= 15 is 0 Å². The molecule has 0 aliphatic heterocycles. The third-order valence-corrected chi connectivity index (χ3v) is 3.68. The van der Waals surface area contributed by atoms with E-state index in [1.54, 1.807) is 6.20 Å². The molecule has 1 aromatic carbocycles. The Morgan fingerprint density at radius 1 is 0.870 bits per heavy atom. The second-order valence-electron chi connectivity index (χ2n) is 6.39. The van der Waals surface area contributed by atoms with Gasteiger partial charge in [0, 0.05) is 38.2 Å². The molecule has 0 saturated heterocycles. The van der Waals surface area contributed by atoms with Crippen LogP contribution in [-0.4, -0.2) is 9.97 Å². The summed E-state index contributed by atoms with van der Waals surface area (Å²) in [4.78, 5) is 8.93. The van der Waals surface area contributed by atoms with Gasteiger partial charge in [-0.1, -0.05) is 44.5 Å². The summed E-state index contributed by atoms with van der Waals surface area (Å²) in [6.45, 7) is 6.58. The van der Waals surface area contributed by atoms with Crippen molar-refractivity contribution in [3.05, 3.63) is 72.6 Å². The van der Waals surface area contributed by atoms with Crippen molar-refractivity contribution in [3.63, 3.8) is 0 Å². The van der Waals surface area contributed by atoms with Crippen LogP contribution in [0.25, 0.3) is 22.5 Å². The smallest absolute Gasteiger partial charge is 0.0302 e. The fraction of sp³-hybridized carbons (Fsp3) is 0.200. The number of benzene rings is 1. The van der Waals surface area contributed by atoms with Crippen molar-refractivity contribution in [3.8, 4) is 22.5 Å². The van der Waals surface area contributed by atoms with E-state index in [0.29, 0.717) is 0 Å². The third kappa shape index (κ3) is 4.13. The quantitative estimate of drug-likeness (QED) is 0.489. The van der Waals surface area contributed by atoms with E-state index < -0.39 is 0 Å². The van der Waals surface area contributed by atoms with Crippen LogP contribution < -0.4 is 0 Å². The van der Waals surface area contributed by atoms with E-state index in [4.69, 9.17) is 0 Å². The molecular weight excluding hydrogens is 460 g/mol. The Bertz CT molecular complexity index is 742. The molecule has 2 heterocycles. The Morgan fingerprint density at radius 3 is 2.22 bits per heavy atom. The van der Waals surface area contributed by atoms with Crippen molar-refractivity contribution in [2.45, 2.75) is 26.2 Å². The van der Waals surface area contributed by atoms with Gasteiger partial charge in [0.05, 0.1) is 0 Å². The molecule has 3 aromatic rings. The van der Waals surface area contributed by atoms with Gasteiger partial charge < -0.3 is 4.98 Å². The van der Waals surface area contributed by atoms with Crippen LogP contribution in [0, 0.1) is 6.07 Å². The molecule has 0 unspecified atom stereocenters. The summed E-state index contributed by atoms with van der Waals surface area (Å²) in [5.41, 5.74) is 5.34.